The molecule has 2 fully saturated rings. The molecular weight excluding hydrogens is 460 g/mol. The highest BCUT2D eigenvalue weighted by Gasteiger charge is 2.50. The Morgan fingerprint density at radius 3 is 2.54 bits per heavy atom. The van der Waals surface area contributed by atoms with E-state index in [1.807, 2.05) is 12.1 Å². The number of methoxy groups -OCH3 is 1. The fourth-order valence-electron chi connectivity index (χ4n) is 5.18. The molecule has 0 spiro atoms. The third-order valence-corrected chi connectivity index (χ3v) is 8.91. The number of aliphatic hydroxyl groups excluding tert-OH is 1. The monoisotopic (exact) mass is 496 g/mol. The maximum absolute atomic E-state index is 13.6. The zero-order valence-electron chi connectivity index (χ0n) is 20.9. The Kier molecular flexibility index (Phi) is 8.18. The lowest BCUT2D eigenvalue weighted by atomic mass is 9.74. The summed E-state index contributed by atoms with van der Waals surface area (Å²) in [5, 5.41) is 10.2. The lowest BCUT2D eigenvalue weighted by molar-refractivity contribution is -0.0553. The van der Waals surface area contributed by atoms with Crippen LogP contribution in [-0.2, 0) is 10.0 Å². The molecule has 6 nitrogen and oxygen atoms in total. The van der Waals surface area contributed by atoms with Gasteiger partial charge in [0.1, 0.15) is 5.75 Å². The van der Waals surface area contributed by atoms with Gasteiger partial charge < -0.3 is 9.84 Å². The van der Waals surface area contributed by atoms with E-state index in [1.54, 1.807) is 28.6 Å². The highest BCUT2D eigenvalue weighted by Crippen LogP contribution is 2.42. The summed E-state index contributed by atoms with van der Waals surface area (Å²) >= 11 is 0. The molecule has 2 aliphatic heterocycles. The summed E-state index contributed by atoms with van der Waals surface area (Å²) in [5.41, 5.74) is 2.10. The van der Waals surface area contributed by atoms with Crippen LogP contribution in [0.4, 0.5) is 0 Å². The van der Waals surface area contributed by atoms with Gasteiger partial charge in [-0.05, 0) is 55.1 Å². The van der Waals surface area contributed by atoms with Crippen LogP contribution in [0.2, 0.25) is 0 Å². The van der Waals surface area contributed by atoms with Crippen molar-refractivity contribution in [3.8, 4) is 17.6 Å². The van der Waals surface area contributed by atoms with Crippen molar-refractivity contribution in [3.05, 3.63) is 59.7 Å². The second-order valence-electron chi connectivity index (χ2n) is 9.85. The number of aliphatic hydroxyl groups is 1. The average Bonchev–Trinajstić information content (AvgIpc) is 2.83. The number of fused-ring (bicyclic) bond motifs is 1. The largest absolute Gasteiger partial charge is 0.497 e. The molecule has 0 aromatic heterocycles. The van der Waals surface area contributed by atoms with Crippen LogP contribution in [0.15, 0.2) is 53.4 Å². The van der Waals surface area contributed by atoms with Gasteiger partial charge in [-0.3, -0.25) is 4.90 Å². The number of rotatable bonds is 6. The van der Waals surface area contributed by atoms with Gasteiger partial charge in [0, 0.05) is 49.1 Å². The summed E-state index contributed by atoms with van der Waals surface area (Å²) in [6.45, 7) is 6.13. The number of hydrogen-bond acceptors (Lipinski definition) is 5. The lowest BCUT2D eigenvalue weighted by Gasteiger charge is -2.57. The molecule has 188 valence electrons. The fraction of sp³-hybridized carbons (Fsp3) is 0.500. The molecule has 0 aliphatic carbocycles. The van der Waals surface area contributed by atoms with Gasteiger partial charge in [0.2, 0.25) is 10.0 Å². The Bertz CT molecular complexity index is 1170. The molecule has 1 N–H and O–H groups in total. The van der Waals surface area contributed by atoms with Crippen molar-refractivity contribution in [1.82, 2.24) is 9.21 Å². The highest BCUT2D eigenvalue weighted by molar-refractivity contribution is 7.89. The van der Waals surface area contributed by atoms with Crippen molar-refractivity contribution in [2.45, 2.75) is 56.0 Å². The van der Waals surface area contributed by atoms with Crippen LogP contribution in [0.1, 0.15) is 50.2 Å². The topological polar surface area (TPSA) is 70.1 Å². The Morgan fingerprint density at radius 1 is 1.11 bits per heavy atom. The van der Waals surface area contributed by atoms with Crippen LogP contribution in [0.3, 0.4) is 0 Å². The first kappa shape index (κ1) is 25.7. The van der Waals surface area contributed by atoms with E-state index in [-0.39, 0.29) is 29.5 Å². The Balaban J connectivity index is 1.58. The normalized spacial score (nSPS) is 23.4. The molecule has 0 bridgehead atoms. The standard InChI is InChI=1S/C28H36N2O4S/c1-21(2)8-6-9-22-12-14-23(15-13-22)28-26-19-29(16-4-5-17-30(26)27(28)20-31)35(32,33)25-11-7-10-24(18-25)34-3/h7,10-15,18,21,26-28,31H,4-5,8,16-17,19-20H2,1-3H3/t26-,27+,28+/m0/s1. The molecule has 2 heterocycles. The first-order chi connectivity index (χ1) is 16.8. The first-order valence-corrected chi connectivity index (χ1v) is 13.9. The Labute approximate surface area is 210 Å². The molecular formula is C28H36N2O4S. The molecule has 0 amide bonds. The van der Waals surface area contributed by atoms with Crippen molar-refractivity contribution in [3.63, 3.8) is 0 Å². The zero-order chi connectivity index (χ0) is 25.0. The van der Waals surface area contributed by atoms with Crippen molar-refractivity contribution in [2.24, 2.45) is 5.92 Å². The fourth-order valence-corrected chi connectivity index (χ4v) is 6.72. The van der Waals surface area contributed by atoms with E-state index in [0.717, 1.165) is 36.9 Å². The van der Waals surface area contributed by atoms with E-state index in [2.05, 4.69) is 42.7 Å². The van der Waals surface area contributed by atoms with Gasteiger partial charge in [-0.25, -0.2) is 8.42 Å². The van der Waals surface area contributed by atoms with Gasteiger partial charge in [-0.1, -0.05) is 43.9 Å². The molecule has 2 aromatic rings. The minimum atomic E-state index is -3.66. The molecule has 4 rings (SSSR count). The SMILES string of the molecule is COc1cccc(S(=O)(=O)N2CCCCN3[C@H](CO)[C@H](c4ccc(C#CCC(C)C)cc4)[C@@H]3C2)c1. The molecule has 0 saturated carbocycles. The van der Waals surface area contributed by atoms with E-state index < -0.39 is 10.0 Å². The molecule has 3 atom stereocenters. The van der Waals surface area contributed by atoms with Crippen LogP contribution in [0.25, 0.3) is 0 Å². The number of benzene rings is 2. The second kappa shape index (κ2) is 11.1. The number of sulfonamides is 1. The summed E-state index contributed by atoms with van der Waals surface area (Å²) in [5.74, 6) is 7.59. The van der Waals surface area contributed by atoms with Gasteiger partial charge in [0.25, 0.3) is 0 Å². The van der Waals surface area contributed by atoms with Crippen LogP contribution in [0.5, 0.6) is 5.75 Å². The molecule has 2 saturated heterocycles. The predicted octanol–water partition coefficient (Wildman–Crippen LogP) is 3.71. The third kappa shape index (κ3) is 5.57. The van der Waals surface area contributed by atoms with Crippen molar-refractivity contribution in [2.75, 3.05) is 33.4 Å². The summed E-state index contributed by atoms with van der Waals surface area (Å²) in [6, 6.07) is 14.9. The van der Waals surface area contributed by atoms with Crippen molar-refractivity contribution >= 4 is 10.0 Å². The maximum atomic E-state index is 13.6. The highest BCUT2D eigenvalue weighted by atomic mass is 32.2. The number of nitrogens with zero attached hydrogens (tertiary/aromatic N) is 2. The molecule has 35 heavy (non-hydrogen) atoms. The minimum Gasteiger partial charge on any atom is -0.497 e. The van der Waals surface area contributed by atoms with E-state index in [9.17, 15) is 13.5 Å². The smallest absolute Gasteiger partial charge is 0.243 e. The summed E-state index contributed by atoms with van der Waals surface area (Å²) < 4.78 is 34.0. The van der Waals surface area contributed by atoms with Crippen LogP contribution >= 0.6 is 0 Å². The van der Waals surface area contributed by atoms with Gasteiger partial charge >= 0.3 is 0 Å². The van der Waals surface area contributed by atoms with Gasteiger partial charge in [0.05, 0.1) is 18.6 Å². The minimum absolute atomic E-state index is 0.00246. The zero-order valence-corrected chi connectivity index (χ0v) is 21.7. The lowest BCUT2D eigenvalue weighted by Crippen LogP contribution is -2.67. The molecule has 2 aromatic carbocycles. The number of ether oxygens (including phenoxy) is 1. The van der Waals surface area contributed by atoms with E-state index >= 15 is 0 Å². The molecule has 0 unspecified atom stereocenters. The Morgan fingerprint density at radius 2 is 1.86 bits per heavy atom. The molecule has 7 heteroatoms. The maximum Gasteiger partial charge on any atom is 0.243 e. The van der Waals surface area contributed by atoms with E-state index in [4.69, 9.17) is 4.74 Å². The van der Waals surface area contributed by atoms with Crippen LogP contribution < -0.4 is 4.74 Å². The van der Waals surface area contributed by atoms with Gasteiger partial charge in [0.15, 0.2) is 0 Å². The number of hydrogen-bond donors (Lipinski definition) is 1. The molecule has 0 radical (unpaired) electrons. The summed E-state index contributed by atoms with van der Waals surface area (Å²) in [6.07, 6.45) is 2.55. The van der Waals surface area contributed by atoms with E-state index in [0.29, 0.717) is 24.8 Å². The van der Waals surface area contributed by atoms with Crippen molar-refractivity contribution in [1.29, 1.82) is 0 Å². The third-order valence-electron chi connectivity index (χ3n) is 7.05. The first-order valence-electron chi connectivity index (χ1n) is 12.4. The second-order valence-corrected chi connectivity index (χ2v) is 11.8. The summed E-state index contributed by atoms with van der Waals surface area (Å²) in [4.78, 5) is 2.54. The van der Waals surface area contributed by atoms with Gasteiger partial charge in [-0.2, -0.15) is 4.31 Å². The predicted molar refractivity (Wildman–Crippen MR) is 138 cm³/mol. The quantitative estimate of drug-likeness (QED) is 0.618. The average molecular weight is 497 g/mol. The molecule has 2 aliphatic rings. The van der Waals surface area contributed by atoms with Crippen LogP contribution in [-0.4, -0.2) is 68.2 Å². The Hall–Kier alpha value is -2.37. The van der Waals surface area contributed by atoms with Gasteiger partial charge in [-0.15, -0.1) is 0 Å². The van der Waals surface area contributed by atoms with Crippen molar-refractivity contribution < 1.29 is 18.3 Å². The van der Waals surface area contributed by atoms with Crippen LogP contribution in [0, 0.1) is 17.8 Å². The summed E-state index contributed by atoms with van der Waals surface area (Å²) in [7, 11) is -2.13. The van der Waals surface area contributed by atoms with E-state index in [1.165, 1.54) is 7.11 Å².